The van der Waals surface area contributed by atoms with Crippen LogP contribution < -0.4 is 5.32 Å². The predicted molar refractivity (Wildman–Crippen MR) is 75.2 cm³/mol. The molecule has 2 nitrogen and oxygen atoms in total. The molecule has 4 heteroatoms. The fourth-order valence-corrected chi connectivity index (χ4v) is 2.11. The van der Waals surface area contributed by atoms with Crippen molar-refractivity contribution in [2.24, 2.45) is 5.41 Å². The van der Waals surface area contributed by atoms with Gasteiger partial charge >= 0.3 is 0 Å². The number of rotatable bonds is 4. The maximum Gasteiger partial charge on any atom is 0.227 e. The number of hydrogen-bond donors (Lipinski definition) is 1. The first-order valence-electron chi connectivity index (χ1n) is 5.50. The third-order valence-corrected chi connectivity index (χ3v) is 4.06. The lowest BCUT2D eigenvalue weighted by atomic mass is 9.94. The second kappa shape index (κ2) is 5.87. The molecule has 1 rings (SSSR count). The average Bonchev–Trinajstić information content (AvgIpc) is 2.29. The first kappa shape index (κ1) is 14.5. The summed E-state index contributed by atoms with van der Waals surface area (Å²) in [5.74, 6) is 0.275. The molecule has 0 heterocycles. The maximum atomic E-state index is 12.0. The van der Waals surface area contributed by atoms with Gasteiger partial charge in [-0.05, 0) is 32.4 Å². The second-order valence-corrected chi connectivity index (χ2v) is 5.86. The van der Waals surface area contributed by atoms with E-state index in [4.69, 9.17) is 11.6 Å². The Hall–Kier alpha value is -0.540. The molecule has 0 unspecified atom stereocenters. The van der Waals surface area contributed by atoms with Crippen molar-refractivity contribution in [2.75, 3.05) is 5.88 Å². The monoisotopic (exact) mass is 317 g/mol. The van der Waals surface area contributed by atoms with Gasteiger partial charge in [0.1, 0.15) is 0 Å². The SMILES string of the molecule is C[C@@H](NC(=O)C(C)(C)CCl)c1ccccc1Br. The standard InChI is InChI=1S/C13H17BrClNO/c1-9(10-6-4-5-7-11(10)14)16-12(17)13(2,3)8-15/h4-7,9H,8H2,1-3H3,(H,16,17)/t9-/m1/s1. The smallest absolute Gasteiger partial charge is 0.227 e. The minimum Gasteiger partial charge on any atom is -0.349 e. The summed E-state index contributed by atoms with van der Waals surface area (Å²) in [5, 5.41) is 2.97. The summed E-state index contributed by atoms with van der Waals surface area (Å²) in [6, 6.07) is 7.81. The van der Waals surface area contributed by atoms with E-state index in [2.05, 4.69) is 21.2 Å². The summed E-state index contributed by atoms with van der Waals surface area (Å²) in [5.41, 5.74) is 0.517. The molecule has 1 aromatic carbocycles. The molecule has 17 heavy (non-hydrogen) atoms. The summed E-state index contributed by atoms with van der Waals surface area (Å²) >= 11 is 9.26. The van der Waals surface area contributed by atoms with Crippen LogP contribution in [-0.4, -0.2) is 11.8 Å². The van der Waals surface area contributed by atoms with Crippen molar-refractivity contribution in [3.05, 3.63) is 34.3 Å². The molecule has 0 saturated carbocycles. The molecule has 1 aromatic rings. The van der Waals surface area contributed by atoms with Crippen LogP contribution in [0.4, 0.5) is 0 Å². The molecule has 1 N–H and O–H groups in total. The van der Waals surface area contributed by atoms with Gasteiger partial charge in [0, 0.05) is 10.4 Å². The normalized spacial score (nSPS) is 13.2. The summed E-state index contributed by atoms with van der Waals surface area (Å²) in [7, 11) is 0. The number of halogens is 2. The van der Waals surface area contributed by atoms with Crippen LogP contribution >= 0.6 is 27.5 Å². The van der Waals surface area contributed by atoms with E-state index in [1.54, 1.807) is 0 Å². The molecule has 0 fully saturated rings. The number of carbonyl (C=O) groups is 1. The zero-order valence-electron chi connectivity index (χ0n) is 10.3. The zero-order chi connectivity index (χ0) is 13.1. The number of benzene rings is 1. The van der Waals surface area contributed by atoms with Crippen LogP contribution in [0.2, 0.25) is 0 Å². The summed E-state index contributed by atoms with van der Waals surface area (Å²) in [4.78, 5) is 12.0. The Morgan fingerprint density at radius 2 is 2.06 bits per heavy atom. The maximum absolute atomic E-state index is 12.0. The largest absolute Gasteiger partial charge is 0.349 e. The van der Waals surface area contributed by atoms with Gasteiger partial charge in [0.15, 0.2) is 0 Å². The third kappa shape index (κ3) is 3.71. The van der Waals surface area contributed by atoms with E-state index in [0.717, 1.165) is 10.0 Å². The van der Waals surface area contributed by atoms with E-state index in [-0.39, 0.29) is 11.9 Å². The lowest BCUT2D eigenvalue weighted by molar-refractivity contribution is -0.129. The molecule has 0 aliphatic rings. The van der Waals surface area contributed by atoms with Gasteiger partial charge in [0.05, 0.1) is 11.5 Å². The van der Waals surface area contributed by atoms with E-state index in [0.29, 0.717) is 5.88 Å². The van der Waals surface area contributed by atoms with E-state index in [1.165, 1.54) is 0 Å². The highest BCUT2D eigenvalue weighted by Gasteiger charge is 2.27. The molecule has 0 aromatic heterocycles. The van der Waals surface area contributed by atoms with Gasteiger partial charge in [-0.15, -0.1) is 11.6 Å². The van der Waals surface area contributed by atoms with Crippen LogP contribution in [0, 0.1) is 5.41 Å². The van der Waals surface area contributed by atoms with Gasteiger partial charge in [0.25, 0.3) is 0 Å². The van der Waals surface area contributed by atoms with Crippen LogP contribution in [0.1, 0.15) is 32.4 Å². The Labute approximate surface area is 116 Å². The zero-order valence-corrected chi connectivity index (χ0v) is 12.6. The fraction of sp³-hybridized carbons (Fsp3) is 0.462. The average molecular weight is 319 g/mol. The van der Waals surface area contributed by atoms with Crippen molar-refractivity contribution in [2.45, 2.75) is 26.8 Å². The van der Waals surface area contributed by atoms with Gasteiger partial charge in [-0.25, -0.2) is 0 Å². The Morgan fingerprint density at radius 1 is 1.47 bits per heavy atom. The van der Waals surface area contributed by atoms with Crippen molar-refractivity contribution >= 4 is 33.4 Å². The fourth-order valence-electron chi connectivity index (χ4n) is 1.36. The lowest BCUT2D eigenvalue weighted by Gasteiger charge is -2.24. The van der Waals surface area contributed by atoms with Gasteiger partial charge in [-0.3, -0.25) is 4.79 Å². The van der Waals surface area contributed by atoms with Crippen molar-refractivity contribution in [3.8, 4) is 0 Å². The molecule has 0 aliphatic heterocycles. The van der Waals surface area contributed by atoms with E-state index >= 15 is 0 Å². The third-order valence-electron chi connectivity index (χ3n) is 2.67. The topological polar surface area (TPSA) is 29.1 Å². The predicted octanol–water partition coefficient (Wildman–Crippen LogP) is 3.89. The van der Waals surface area contributed by atoms with Crippen LogP contribution in [0.25, 0.3) is 0 Å². The van der Waals surface area contributed by atoms with Crippen LogP contribution in [0.3, 0.4) is 0 Å². The van der Waals surface area contributed by atoms with Crippen molar-refractivity contribution in [3.63, 3.8) is 0 Å². The molecule has 94 valence electrons. The summed E-state index contributed by atoms with van der Waals surface area (Å²) in [6.07, 6.45) is 0. The van der Waals surface area contributed by atoms with Gasteiger partial charge in [-0.1, -0.05) is 34.1 Å². The van der Waals surface area contributed by atoms with E-state index in [9.17, 15) is 4.79 Å². The first-order valence-corrected chi connectivity index (χ1v) is 6.82. The molecule has 0 aliphatic carbocycles. The Morgan fingerprint density at radius 3 is 2.59 bits per heavy atom. The Kier molecular flexibility index (Phi) is 5.02. The lowest BCUT2D eigenvalue weighted by Crippen LogP contribution is -2.39. The highest BCUT2D eigenvalue weighted by Crippen LogP contribution is 2.24. The van der Waals surface area contributed by atoms with Crippen molar-refractivity contribution < 1.29 is 4.79 Å². The minimum absolute atomic E-state index is 0.0317. The second-order valence-electron chi connectivity index (χ2n) is 4.73. The van der Waals surface area contributed by atoms with Crippen molar-refractivity contribution in [1.82, 2.24) is 5.32 Å². The molecule has 0 bridgehead atoms. The van der Waals surface area contributed by atoms with Crippen LogP contribution in [0.15, 0.2) is 28.7 Å². The van der Waals surface area contributed by atoms with Gasteiger partial charge < -0.3 is 5.32 Å². The number of nitrogens with one attached hydrogen (secondary N) is 1. The number of alkyl halides is 1. The Balaban J connectivity index is 2.77. The molecule has 1 atom stereocenters. The van der Waals surface area contributed by atoms with Gasteiger partial charge in [0.2, 0.25) is 5.91 Å². The number of hydrogen-bond acceptors (Lipinski definition) is 1. The molecule has 1 amide bonds. The van der Waals surface area contributed by atoms with Crippen molar-refractivity contribution in [1.29, 1.82) is 0 Å². The van der Waals surface area contributed by atoms with E-state index < -0.39 is 5.41 Å². The Bertz CT molecular complexity index is 406. The number of amides is 1. The quantitative estimate of drug-likeness (QED) is 0.838. The van der Waals surface area contributed by atoms with Crippen LogP contribution in [-0.2, 0) is 4.79 Å². The molecular formula is C13H17BrClNO. The molecule has 0 radical (unpaired) electrons. The summed E-state index contributed by atoms with van der Waals surface area (Å²) < 4.78 is 0.997. The minimum atomic E-state index is -0.545. The first-order chi connectivity index (χ1) is 7.88. The highest BCUT2D eigenvalue weighted by atomic mass is 79.9. The van der Waals surface area contributed by atoms with E-state index in [1.807, 2.05) is 45.0 Å². The molecule has 0 saturated heterocycles. The molecule has 0 spiro atoms. The summed E-state index contributed by atoms with van der Waals surface area (Å²) in [6.45, 7) is 5.63. The van der Waals surface area contributed by atoms with Gasteiger partial charge in [-0.2, -0.15) is 0 Å². The molecular weight excluding hydrogens is 302 g/mol. The highest BCUT2D eigenvalue weighted by molar-refractivity contribution is 9.10. The number of carbonyl (C=O) groups excluding carboxylic acids is 1. The van der Waals surface area contributed by atoms with Crippen LogP contribution in [0.5, 0.6) is 0 Å².